The van der Waals surface area contributed by atoms with Gasteiger partial charge >= 0.3 is 5.97 Å². The first kappa shape index (κ1) is 13.5. The molecule has 2 rings (SSSR count). The van der Waals surface area contributed by atoms with Gasteiger partial charge in [0, 0.05) is 13.0 Å². The number of aryl methyl sites for hydroxylation is 1. The predicted octanol–water partition coefficient (Wildman–Crippen LogP) is 2.51. The highest BCUT2D eigenvalue weighted by atomic mass is 16.4. The van der Waals surface area contributed by atoms with Gasteiger partial charge in [0.05, 0.1) is 5.92 Å². The second kappa shape index (κ2) is 5.40. The lowest BCUT2D eigenvalue weighted by atomic mass is 9.96. The number of carboxylic acid groups (broad SMARTS) is 1. The Morgan fingerprint density at radius 1 is 1.53 bits per heavy atom. The van der Waals surface area contributed by atoms with Gasteiger partial charge in [-0.1, -0.05) is 13.0 Å². The molecule has 0 aliphatic carbocycles. The number of fused-ring (bicyclic) bond motifs is 1. The molecule has 0 spiro atoms. The number of nitrogens with one attached hydrogen (secondary N) is 1. The minimum atomic E-state index is -0.779. The third kappa shape index (κ3) is 2.93. The maximum Gasteiger partial charge on any atom is 0.306 e. The van der Waals surface area contributed by atoms with Crippen molar-refractivity contribution in [2.24, 2.45) is 5.92 Å². The van der Waals surface area contributed by atoms with E-state index in [1.165, 1.54) is 0 Å². The average molecular weight is 262 g/mol. The fourth-order valence-corrected chi connectivity index (χ4v) is 2.15. The van der Waals surface area contributed by atoms with Gasteiger partial charge in [0.2, 0.25) is 0 Å². The van der Waals surface area contributed by atoms with Gasteiger partial charge in [0.1, 0.15) is 5.52 Å². The molecule has 1 aromatic carbocycles. The van der Waals surface area contributed by atoms with Crippen molar-refractivity contribution in [1.29, 1.82) is 0 Å². The number of benzene rings is 1. The van der Waals surface area contributed by atoms with Crippen LogP contribution in [0.4, 0.5) is 0 Å². The van der Waals surface area contributed by atoms with Crippen LogP contribution in [0.2, 0.25) is 0 Å². The third-order valence-corrected chi connectivity index (χ3v) is 3.28. The molecule has 19 heavy (non-hydrogen) atoms. The topological polar surface area (TPSA) is 75.4 Å². The number of aliphatic carboxylic acids is 1. The first-order valence-corrected chi connectivity index (χ1v) is 6.28. The molecule has 1 heterocycles. The van der Waals surface area contributed by atoms with Crippen molar-refractivity contribution >= 4 is 17.1 Å². The van der Waals surface area contributed by atoms with Gasteiger partial charge in [-0.05, 0) is 31.2 Å². The van der Waals surface area contributed by atoms with Crippen LogP contribution in [0.25, 0.3) is 11.1 Å². The summed E-state index contributed by atoms with van der Waals surface area (Å²) in [5, 5.41) is 12.1. The SMILES string of the molecule is CNC(CC(C)C(=O)O)c1ccc2oc(C)nc2c1. The van der Waals surface area contributed by atoms with E-state index in [-0.39, 0.29) is 6.04 Å². The zero-order valence-corrected chi connectivity index (χ0v) is 11.3. The fraction of sp³-hybridized carbons (Fsp3) is 0.429. The Balaban J connectivity index is 2.27. The summed E-state index contributed by atoms with van der Waals surface area (Å²) in [6.45, 7) is 3.52. The summed E-state index contributed by atoms with van der Waals surface area (Å²) < 4.78 is 5.43. The highest BCUT2D eigenvalue weighted by Gasteiger charge is 2.19. The zero-order valence-electron chi connectivity index (χ0n) is 11.3. The van der Waals surface area contributed by atoms with Crippen molar-refractivity contribution in [1.82, 2.24) is 10.3 Å². The minimum absolute atomic E-state index is 0.00694. The van der Waals surface area contributed by atoms with Crippen LogP contribution in [-0.4, -0.2) is 23.1 Å². The molecule has 0 aliphatic rings. The molecule has 0 saturated heterocycles. The monoisotopic (exact) mass is 262 g/mol. The highest BCUT2D eigenvalue weighted by Crippen LogP contribution is 2.25. The molecule has 0 aliphatic heterocycles. The van der Waals surface area contributed by atoms with Gasteiger partial charge in [-0.25, -0.2) is 4.98 Å². The van der Waals surface area contributed by atoms with E-state index in [0.717, 1.165) is 16.7 Å². The van der Waals surface area contributed by atoms with Crippen LogP contribution in [0.1, 0.15) is 30.8 Å². The summed E-state index contributed by atoms with van der Waals surface area (Å²) in [6.07, 6.45) is 0.536. The lowest BCUT2D eigenvalue weighted by Gasteiger charge is -2.18. The lowest BCUT2D eigenvalue weighted by molar-refractivity contribution is -0.141. The Labute approximate surface area is 111 Å². The fourth-order valence-electron chi connectivity index (χ4n) is 2.15. The van der Waals surface area contributed by atoms with E-state index in [4.69, 9.17) is 9.52 Å². The van der Waals surface area contributed by atoms with Gasteiger partial charge in [-0.3, -0.25) is 4.79 Å². The van der Waals surface area contributed by atoms with Gasteiger partial charge in [0.25, 0.3) is 0 Å². The maximum absolute atomic E-state index is 10.9. The van der Waals surface area contributed by atoms with Gasteiger partial charge < -0.3 is 14.8 Å². The molecule has 0 radical (unpaired) electrons. The van der Waals surface area contributed by atoms with Crippen LogP contribution in [0.15, 0.2) is 22.6 Å². The largest absolute Gasteiger partial charge is 0.481 e. The van der Waals surface area contributed by atoms with Crippen LogP contribution in [0.5, 0.6) is 0 Å². The van der Waals surface area contributed by atoms with Crippen LogP contribution in [0, 0.1) is 12.8 Å². The molecule has 5 heteroatoms. The summed E-state index contributed by atoms with van der Waals surface area (Å²) >= 11 is 0. The molecule has 5 nitrogen and oxygen atoms in total. The molecule has 0 fully saturated rings. The summed E-state index contributed by atoms with van der Waals surface area (Å²) in [4.78, 5) is 15.2. The normalized spacial score (nSPS) is 14.5. The second-order valence-electron chi connectivity index (χ2n) is 4.78. The van der Waals surface area contributed by atoms with Gasteiger partial charge in [0.15, 0.2) is 11.5 Å². The quantitative estimate of drug-likeness (QED) is 0.866. The smallest absolute Gasteiger partial charge is 0.306 e. The lowest BCUT2D eigenvalue weighted by Crippen LogP contribution is -2.22. The third-order valence-electron chi connectivity index (χ3n) is 3.28. The second-order valence-corrected chi connectivity index (χ2v) is 4.78. The van der Waals surface area contributed by atoms with E-state index in [1.807, 2.05) is 32.2 Å². The average Bonchev–Trinajstić information content (AvgIpc) is 2.74. The van der Waals surface area contributed by atoms with Crippen molar-refractivity contribution in [2.75, 3.05) is 7.05 Å². The van der Waals surface area contributed by atoms with Crippen molar-refractivity contribution in [3.8, 4) is 0 Å². The maximum atomic E-state index is 10.9. The number of carbonyl (C=O) groups is 1. The number of nitrogens with zero attached hydrogens (tertiary/aromatic N) is 1. The molecule has 2 atom stereocenters. The van der Waals surface area contributed by atoms with E-state index in [9.17, 15) is 4.79 Å². The summed E-state index contributed by atoms with van der Waals surface area (Å²) in [7, 11) is 1.83. The summed E-state index contributed by atoms with van der Waals surface area (Å²) in [5.41, 5.74) is 2.58. The Hall–Kier alpha value is -1.88. The molecule has 0 amide bonds. The Morgan fingerprint density at radius 2 is 2.26 bits per heavy atom. The van der Waals surface area contributed by atoms with E-state index < -0.39 is 11.9 Å². The number of carboxylic acids is 1. The molecule has 2 aromatic rings. The van der Waals surface area contributed by atoms with Gasteiger partial charge in [-0.2, -0.15) is 0 Å². The highest BCUT2D eigenvalue weighted by molar-refractivity contribution is 5.73. The first-order chi connectivity index (χ1) is 9.01. The number of hydrogen-bond donors (Lipinski definition) is 2. The molecule has 1 aromatic heterocycles. The number of aromatic nitrogens is 1. The van der Waals surface area contributed by atoms with Crippen LogP contribution in [-0.2, 0) is 4.79 Å². The van der Waals surface area contributed by atoms with E-state index in [2.05, 4.69) is 10.3 Å². The minimum Gasteiger partial charge on any atom is -0.481 e. The Bertz CT molecular complexity index is 591. The van der Waals surface area contributed by atoms with E-state index >= 15 is 0 Å². The molecule has 0 saturated carbocycles. The van der Waals surface area contributed by atoms with Gasteiger partial charge in [-0.15, -0.1) is 0 Å². The van der Waals surface area contributed by atoms with E-state index in [0.29, 0.717) is 12.3 Å². The number of rotatable bonds is 5. The van der Waals surface area contributed by atoms with Crippen molar-refractivity contribution in [2.45, 2.75) is 26.3 Å². The summed E-state index contributed by atoms with van der Waals surface area (Å²) in [5.74, 6) is -0.544. The van der Waals surface area contributed by atoms with Crippen LogP contribution >= 0.6 is 0 Å². The van der Waals surface area contributed by atoms with Crippen molar-refractivity contribution in [3.63, 3.8) is 0 Å². The molecule has 2 N–H and O–H groups in total. The Kier molecular flexibility index (Phi) is 3.85. The van der Waals surface area contributed by atoms with Crippen LogP contribution in [0.3, 0.4) is 0 Å². The van der Waals surface area contributed by atoms with Crippen molar-refractivity contribution < 1.29 is 14.3 Å². The standard InChI is InChI=1S/C14H18N2O3/c1-8(14(17)18)6-11(15-3)10-4-5-13-12(7-10)16-9(2)19-13/h4-5,7-8,11,15H,6H2,1-3H3,(H,17,18). The molecule has 2 unspecified atom stereocenters. The van der Waals surface area contributed by atoms with Crippen LogP contribution < -0.4 is 5.32 Å². The molecule has 0 bridgehead atoms. The molecular weight excluding hydrogens is 244 g/mol. The predicted molar refractivity (Wildman–Crippen MR) is 72.0 cm³/mol. The van der Waals surface area contributed by atoms with E-state index in [1.54, 1.807) is 6.92 Å². The number of hydrogen-bond acceptors (Lipinski definition) is 4. The zero-order chi connectivity index (χ0) is 14.0. The Morgan fingerprint density at radius 3 is 2.89 bits per heavy atom. The summed E-state index contributed by atoms with van der Waals surface area (Å²) in [6, 6.07) is 5.76. The molecular formula is C14H18N2O3. The number of oxazole rings is 1. The molecule has 102 valence electrons. The van der Waals surface area contributed by atoms with Crippen molar-refractivity contribution in [3.05, 3.63) is 29.7 Å². The first-order valence-electron chi connectivity index (χ1n) is 6.28.